The largest absolute Gasteiger partial charge is 0.400 e. The fourth-order valence-corrected chi connectivity index (χ4v) is 2.31. The Morgan fingerprint density at radius 1 is 0.591 bits per heavy atom. The van der Waals surface area contributed by atoms with Gasteiger partial charge in [0.05, 0.1) is 0 Å². The first-order valence-electron chi connectivity index (χ1n) is 7.30. The first kappa shape index (κ1) is 15.8. The summed E-state index contributed by atoms with van der Waals surface area (Å²) in [6.45, 7) is 0.870. The summed E-state index contributed by atoms with van der Waals surface area (Å²) in [7, 11) is 1.00. The lowest BCUT2D eigenvalue weighted by Gasteiger charge is -2.25. The second kappa shape index (κ2) is 8.65. The Bertz CT molecular complexity index is 599. The molecule has 0 amide bonds. The monoisotopic (exact) mass is 291 g/mol. The van der Waals surface area contributed by atoms with Gasteiger partial charge in [0, 0.05) is 25.0 Å². The van der Waals surface area contributed by atoms with Crippen LogP contribution < -0.4 is 4.90 Å². The molecule has 0 radical (unpaired) electrons. The number of nitrogens with zero attached hydrogens (tertiary/aromatic N) is 1. The van der Waals surface area contributed by atoms with Crippen LogP contribution in [0.15, 0.2) is 91.0 Å². The van der Waals surface area contributed by atoms with Crippen molar-refractivity contribution in [2.75, 3.05) is 12.0 Å². The topological polar surface area (TPSA) is 23.5 Å². The van der Waals surface area contributed by atoms with Crippen molar-refractivity contribution in [3.8, 4) is 0 Å². The summed E-state index contributed by atoms with van der Waals surface area (Å²) in [6.07, 6.45) is 0. The van der Waals surface area contributed by atoms with E-state index < -0.39 is 0 Å². The standard InChI is InChI=1S/C19H17N.CH4O/c1-4-10-17(11-5-1)16-20(18-12-6-2-7-13-18)19-14-8-3-9-15-19;1-2/h1-15H,16H2;2H,1H3. The molecule has 0 aliphatic heterocycles. The second-order valence-electron chi connectivity index (χ2n) is 4.74. The van der Waals surface area contributed by atoms with Crippen molar-refractivity contribution in [1.29, 1.82) is 0 Å². The van der Waals surface area contributed by atoms with Crippen molar-refractivity contribution >= 4 is 11.4 Å². The molecule has 0 saturated carbocycles. The quantitative estimate of drug-likeness (QED) is 0.757. The highest BCUT2D eigenvalue weighted by atomic mass is 16.2. The molecule has 0 saturated heterocycles. The van der Waals surface area contributed by atoms with Crippen LogP contribution in [-0.2, 0) is 6.54 Å². The molecule has 3 aromatic rings. The van der Waals surface area contributed by atoms with E-state index in [0.29, 0.717) is 0 Å². The number of aliphatic hydroxyl groups excluding tert-OH is 1. The van der Waals surface area contributed by atoms with Gasteiger partial charge in [-0.3, -0.25) is 0 Å². The maximum Gasteiger partial charge on any atom is 0.0481 e. The molecular weight excluding hydrogens is 270 g/mol. The van der Waals surface area contributed by atoms with Crippen molar-refractivity contribution in [1.82, 2.24) is 0 Å². The van der Waals surface area contributed by atoms with E-state index in [9.17, 15) is 0 Å². The number of anilines is 2. The minimum atomic E-state index is 0.870. The zero-order valence-corrected chi connectivity index (χ0v) is 12.8. The van der Waals surface area contributed by atoms with Gasteiger partial charge in [0.25, 0.3) is 0 Å². The Morgan fingerprint density at radius 3 is 1.36 bits per heavy atom. The summed E-state index contributed by atoms with van der Waals surface area (Å²) < 4.78 is 0. The smallest absolute Gasteiger partial charge is 0.0481 e. The van der Waals surface area contributed by atoms with E-state index in [1.54, 1.807) is 0 Å². The van der Waals surface area contributed by atoms with E-state index >= 15 is 0 Å². The maximum atomic E-state index is 7.00. The van der Waals surface area contributed by atoms with Crippen LogP contribution in [0.1, 0.15) is 5.56 Å². The average Bonchev–Trinajstić information content (AvgIpc) is 2.64. The third kappa shape index (κ3) is 4.21. The van der Waals surface area contributed by atoms with Gasteiger partial charge in [-0.05, 0) is 29.8 Å². The zero-order valence-electron chi connectivity index (χ0n) is 12.8. The Balaban J connectivity index is 0.000000847. The minimum absolute atomic E-state index is 0.870. The van der Waals surface area contributed by atoms with Gasteiger partial charge in [0.2, 0.25) is 0 Å². The molecule has 2 nitrogen and oxygen atoms in total. The lowest BCUT2D eigenvalue weighted by atomic mass is 10.1. The molecule has 112 valence electrons. The number of hydrogen-bond donors (Lipinski definition) is 1. The molecule has 0 heterocycles. The molecule has 1 N–H and O–H groups in total. The lowest BCUT2D eigenvalue weighted by molar-refractivity contribution is 0.399. The van der Waals surface area contributed by atoms with Crippen molar-refractivity contribution in [2.45, 2.75) is 6.54 Å². The Morgan fingerprint density at radius 2 is 0.955 bits per heavy atom. The molecule has 0 aromatic heterocycles. The Kier molecular flexibility index (Phi) is 6.21. The van der Waals surface area contributed by atoms with Crippen LogP contribution in [0, 0.1) is 0 Å². The second-order valence-corrected chi connectivity index (χ2v) is 4.74. The van der Waals surface area contributed by atoms with Crippen molar-refractivity contribution in [3.05, 3.63) is 96.6 Å². The summed E-state index contributed by atoms with van der Waals surface area (Å²) in [6, 6.07) is 31.6. The van der Waals surface area contributed by atoms with E-state index in [1.165, 1.54) is 16.9 Å². The van der Waals surface area contributed by atoms with Crippen LogP contribution in [0.5, 0.6) is 0 Å². The van der Waals surface area contributed by atoms with E-state index in [1.807, 2.05) is 0 Å². The summed E-state index contributed by atoms with van der Waals surface area (Å²) >= 11 is 0. The highest BCUT2D eigenvalue weighted by molar-refractivity contribution is 5.63. The van der Waals surface area contributed by atoms with Crippen LogP contribution >= 0.6 is 0 Å². The van der Waals surface area contributed by atoms with Gasteiger partial charge in [-0.2, -0.15) is 0 Å². The average molecular weight is 291 g/mol. The first-order valence-corrected chi connectivity index (χ1v) is 7.30. The molecular formula is C20H21NO. The molecule has 0 aliphatic rings. The molecule has 22 heavy (non-hydrogen) atoms. The predicted octanol–water partition coefficient (Wildman–Crippen LogP) is 4.63. The van der Waals surface area contributed by atoms with Gasteiger partial charge in [-0.25, -0.2) is 0 Å². The van der Waals surface area contributed by atoms with E-state index in [0.717, 1.165) is 13.7 Å². The summed E-state index contributed by atoms with van der Waals surface area (Å²) in [5, 5.41) is 7.00. The number of rotatable bonds is 4. The minimum Gasteiger partial charge on any atom is -0.400 e. The van der Waals surface area contributed by atoms with Crippen LogP contribution in [0.2, 0.25) is 0 Å². The molecule has 2 heteroatoms. The van der Waals surface area contributed by atoms with Gasteiger partial charge in [-0.15, -0.1) is 0 Å². The number of para-hydroxylation sites is 2. The van der Waals surface area contributed by atoms with E-state index in [2.05, 4.69) is 95.9 Å². The van der Waals surface area contributed by atoms with Crippen LogP contribution in [0.25, 0.3) is 0 Å². The molecule has 3 rings (SSSR count). The maximum absolute atomic E-state index is 7.00. The molecule has 3 aromatic carbocycles. The summed E-state index contributed by atoms with van der Waals surface area (Å²) in [5.41, 5.74) is 3.73. The fourth-order valence-electron chi connectivity index (χ4n) is 2.31. The molecule has 0 atom stereocenters. The third-order valence-corrected chi connectivity index (χ3v) is 3.32. The van der Waals surface area contributed by atoms with Crippen molar-refractivity contribution in [2.24, 2.45) is 0 Å². The number of benzene rings is 3. The third-order valence-electron chi connectivity index (χ3n) is 3.32. The SMILES string of the molecule is CO.c1ccc(CN(c2ccccc2)c2ccccc2)cc1. The van der Waals surface area contributed by atoms with E-state index in [4.69, 9.17) is 5.11 Å². The Hall–Kier alpha value is -2.58. The molecule has 0 unspecified atom stereocenters. The van der Waals surface area contributed by atoms with E-state index in [-0.39, 0.29) is 0 Å². The van der Waals surface area contributed by atoms with Crippen molar-refractivity contribution in [3.63, 3.8) is 0 Å². The molecule has 0 aliphatic carbocycles. The highest BCUT2D eigenvalue weighted by Gasteiger charge is 2.08. The number of aliphatic hydroxyl groups is 1. The molecule has 0 fully saturated rings. The molecule has 0 bridgehead atoms. The van der Waals surface area contributed by atoms with Crippen LogP contribution in [0.4, 0.5) is 11.4 Å². The van der Waals surface area contributed by atoms with Crippen LogP contribution in [-0.4, -0.2) is 12.2 Å². The first-order chi connectivity index (χ1) is 10.9. The fraction of sp³-hybridized carbons (Fsp3) is 0.100. The summed E-state index contributed by atoms with van der Waals surface area (Å²) in [5.74, 6) is 0. The highest BCUT2D eigenvalue weighted by Crippen LogP contribution is 2.26. The lowest BCUT2D eigenvalue weighted by Crippen LogP contribution is -2.16. The van der Waals surface area contributed by atoms with Gasteiger partial charge in [0.1, 0.15) is 0 Å². The summed E-state index contributed by atoms with van der Waals surface area (Å²) in [4.78, 5) is 2.33. The molecule has 0 spiro atoms. The normalized spacial score (nSPS) is 9.55. The predicted molar refractivity (Wildman–Crippen MR) is 93.3 cm³/mol. The van der Waals surface area contributed by atoms with Gasteiger partial charge in [0.15, 0.2) is 0 Å². The Labute approximate surface area is 132 Å². The van der Waals surface area contributed by atoms with Gasteiger partial charge < -0.3 is 10.0 Å². The number of hydrogen-bond acceptors (Lipinski definition) is 2. The van der Waals surface area contributed by atoms with Gasteiger partial charge >= 0.3 is 0 Å². The van der Waals surface area contributed by atoms with Crippen LogP contribution in [0.3, 0.4) is 0 Å². The zero-order chi connectivity index (χ0) is 15.6. The van der Waals surface area contributed by atoms with Gasteiger partial charge in [-0.1, -0.05) is 66.7 Å². The van der Waals surface area contributed by atoms with Crippen molar-refractivity contribution < 1.29 is 5.11 Å².